The molecule has 142 valence electrons. The summed E-state index contributed by atoms with van der Waals surface area (Å²) in [7, 11) is -4.21. The summed E-state index contributed by atoms with van der Waals surface area (Å²) in [6.07, 6.45) is 0.560. The van der Waals surface area contributed by atoms with E-state index in [1.54, 1.807) is 4.90 Å². The van der Waals surface area contributed by atoms with Crippen LogP contribution in [0, 0.1) is 0 Å². The maximum Gasteiger partial charge on any atom is 0.410 e. The van der Waals surface area contributed by atoms with Crippen molar-refractivity contribution < 1.29 is 32.1 Å². The quantitative estimate of drug-likeness (QED) is 0.515. The number of nitrogens with zero attached hydrogens (tertiary/aromatic N) is 2. The third-order valence-corrected chi connectivity index (χ3v) is 4.95. The Hall–Kier alpha value is -0.900. The lowest BCUT2D eigenvalue weighted by molar-refractivity contribution is -0.931. The van der Waals surface area contributed by atoms with E-state index in [1.165, 1.54) is 0 Å². The fourth-order valence-electron chi connectivity index (χ4n) is 2.94. The van der Waals surface area contributed by atoms with Crippen LogP contribution in [0.25, 0.3) is 0 Å². The van der Waals surface area contributed by atoms with E-state index < -0.39 is 15.7 Å². The molecule has 0 radical (unpaired) electrons. The Kier molecular flexibility index (Phi) is 7.45. The zero-order chi connectivity index (χ0) is 18.4. The smallest absolute Gasteiger partial charge is 0.410 e. The van der Waals surface area contributed by atoms with Gasteiger partial charge in [-0.05, 0) is 20.8 Å². The van der Waals surface area contributed by atoms with Crippen LogP contribution in [0.1, 0.15) is 33.6 Å². The van der Waals surface area contributed by atoms with Gasteiger partial charge >= 0.3 is 6.09 Å². The highest BCUT2D eigenvalue weighted by Gasteiger charge is 2.35. The van der Waals surface area contributed by atoms with E-state index in [9.17, 15) is 17.8 Å². The topological polar surface area (TPSA) is 107 Å². The van der Waals surface area contributed by atoms with E-state index in [-0.39, 0.29) is 18.5 Å². The van der Waals surface area contributed by atoms with Gasteiger partial charge in [0.2, 0.25) is 0 Å². The van der Waals surface area contributed by atoms with Crippen molar-refractivity contribution in [3.05, 3.63) is 0 Å². The molecule has 0 spiro atoms. The van der Waals surface area contributed by atoms with Crippen LogP contribution in [0.4, 0.5) is 4.79 Å². The summed E-state index contributed by atoms with van der Waals surface area (Å²) in [6.45, 7) is 9.15. The van der Waals surface area contributed by atoms with Gasteiger partial charge in [-0.25, -0.2) is 13.2 Å². The summed E-state index contributed by atoms with van der Waals surface area (Å²) in [5.41, 5.74) is -0.542. The molecule has 0 bridgehead atoms. The van der Waals surface area contributed by atoms with Crippen LogP contribution in [0.2, 0.25) is 0 Å². The van der Waals surface area contributed by atoms with E-state index in [0.717, 1.165) is 0 Å². The first-order chi connectivity index (χ1) is 11.0. The molecule has 9 heteroatoms. The zero-order valence-electron chi connectivity index (χ0n) is 14.9. The van der Waals surface area contributed by atoms with E-state index in [1.807, 2.05) is 20.8 Å². The van der Waals surface area contributed by atoms with Crippen molar-refractivity contribution in [3.8, 4) is 0 Å². The molecule has 1 heterocycles. The first-order valence-corrected chi connectivity index (χ1v) is 9.92. The van der Waals surface area contributed by atoms with Crippen molar-refractivity contribution in [2.24, 2.45) is 0 Å². The molecule has 0 aromatic heterocycles. The second kappa shape index (κ2) is 8.46. The average molecular weight is 366 g/mol. The van der Waals surface area contributed by atoms with Crippen LogP contribution >= 0.6 is 0 Å². The summed E-state index contributed by atoms with van der Waals surface area (Å²) in [5.74, 6) is -0.373. The van der Waals surface area contributed by atoms with Crippen molar-refractivity contribution in [3.63, 3.8) is 0 Å². The van der Waals surface area contributed by atoms with Gasteiger partial charge < -0.3 is 18.9 Å². The van der Waals surface area contributed by atoms with E-state index >= 15 is 0 Å². The van der Waals surface area contributed by atoms with E-state index in [0.29, 0.717) is 56.6 Å². The molecule has 8 nitrogen and oxygen atoms in total. The van der Waals surface area contributed by atoms with Gasteiger partial charge in [-0.3, -0.25) is 4.90 Å². The number of carbonyl (C=O) groups is 1. The minimum atomic E-state index is -4.21. The molecule has 1 rings (SSSR count). The first-order valence-electron chi connectivity index (χ1n) is 8.34. The second-order valence-electron chi connectivity index (χ2n) is 7.40. The highest BCUT2D eigenvalue weighted by Crippen LogP contribution is 2.18. The SMILES string of the molecule is CC(C)(C)OC(=O)N1CC[N+](CCCO)(CCCS(=O)(=O)[O-])CC1. The lowest BCUT2D eigenvalue weighted by Gasteiger charge is -2.45. The predicted octanol–water partition coefficient (Wildman–Crippen LogP) is 0.372. The molecule has 1 fully saturated rings. The third kappa shape index (κ3) is 7.78. The minimum Gasteiger partial charge on any atom is -0.748 e. The number of aliphatic hydroxyl groups excluding tert-OH is 1. The van der Waals surface area contributed by atoms with E-state index in [4.69, 9.17) is 9.84 Å². The normalized spacial score (nSPS) is 18.5. The molecule has 1 saturated heterocycles. The van der Waals surface area contributed by atoms with Crippen LogP contribution in [-0.4, -0.2) is 90.8 Å². The Morgan fingerprint density at radius 2 is 1.75 bits per heavy atom. The average Bonchev–Trinajstić information content (AvgIpc) is 2.43. The summed E-state index contributed by atoms with van der Waals surface area (Å²) >= 11 is 0. The molecule has 1 aliphatic rings. The van der Waals surface area contributed by atoms with Crippen molar-refractivity contribution >= 4 is 16.2 Å². The van der Waals surface area contributed by atoms with E-state index in [2.05, 4.69) is 0 Å². The van der Waals surface area contributed by atoms with Gasteiger partial charge in [0.1, 0.15) is 5.60 Å². The molecule has 1 N–H and O–H groups in total. The van der Waals surface area contributed by atoms with Gasteiger partial charge in [0.25, 0.3) is 0 Å². The van der Waals surface area contributed by atoms with Crippen molar-refractivity contribution in [1.82, 2.24) is 4.90 Å². The number of quaternary nitrogens is 1. The molecule has 0 saturated carbocycles. The lowest BCUT2D eigenvalue weighted by Crippen LogP contribution is -2.61. The van der Waals surface area contributed by atoms with Crippen LogP contribution in [0.5, 0.6) is 0 Å². The number of aliphatic hydroxyl groups is 1. The second-order valence-corrected chi connectivity index (χ2v) is 8.92. The Morgan fingerprint density at radius 1 is 1.21 bits per heavy atom. The van der Waals surface area contributed by atoms with Gasteiger partial charge in [0.15, 0.2) is 0 Å². The third-order valence-electron chi connectivity index (χ3n) is 4.16. The molecule has 0 atom stereocenters. The molecule has 0 aromatic rings. The van der Waals surface area contributed by atoms with Gasteiger partial charge in [-0.15, -0.1) is 0 Å². The number of piperazine rings is 1. The number of ether oxygens (including phenoxy) is 1. The van der Waals surface area contributed by atoms with Crippen LogP contribution in [0.3, 0.4) is 0 Å². The highest BCUT2D eigenvalue weighted by atomic mass is 32.2. The fraction of sp³-hybridized carbons (Fsp3) is 0.933. The standard InChI is InChI=1S/C15H30N2O6S/c1-15(2,3)23-14(19)16-6-10-17(11-7-16,8-4-12-18)9-5-13-24(20,21)22/h18H,4-13H2,1-3H3. The summed E-state index contributed by atoms with van der Waals surface area (Å²) in [4.78, 5) is 13.8. The van der Waals surface area contributed by atoms with Gasteiger partial charge in [-0.1, -0.05) is 0 Å². The van der Waals surface area contributed by atoms with Gasteiger partial charge in [0, 0.05) is 25.2 Å². The molecular formula is C15H30N2O6S. The van der Waals surface area contributed by atoms with Crippen molar-refractivity contribution in [1.29, 1.82) is 0 Å². The molecule has 1 aliphatic heterocycles. The summed E-state index contributed by atoms with van der Waals surface area (Å²) in [5, 5.41) is 9.09. The Labute approximate surface area is 144 Å². The molecule has 1 amide bonds. The number of amides is 1. The minimum absolute atomic E-state index is 0.0651. The fourth-order valence-corrected chi connectivity index (χ4v) is 3.42. The Morgan fingerprint density at radius 3 is 2.21 bits per heavy atom. The molecule has 0 aliphatic carbocycles. The Balaban J connectivity index is 2.61. The summed E-state index contributed by atoms with van der Waals surface area (Å²) < 4.78 is 38.4. The number of rotatable bonds is 7. The summed E-state index contributed by atoms with van der Waals surface area (Å²) in [6, 6.07) is 0. The molecular weight excluding hydrogens is 336 g/mol. The predicted molar refractivity (Wildman–Crippen MR) is 88.4 cm³/mol. The largest absolute Gasteiger partial charge is 0.748 e. The van der Waals surface area contributed by atoms with Crippen molar-refractivity contribution in [2.75, 3.05) is 51.6 Å². The first kappa shape index (κ1) is 21.1. The molecule has 0 unspecified atom stereocenters. The van der Waals surface area contributed by atoms with Crippen LogP contribution in [0.15, 0.2) is 0 Å². The Bertz CT molecular complexity index is 507. The zero-order valence-corrected chi connectivity index (χ0v) is 15.7. The lowest BCUT2D eigenvalue weighted by atomic mass is 10.2. The maximum absolute atomic E-state index is 12.1. The molecule has 0 aromatic carbocycles. The maximum atomic E-state index is 12.1. The molecule has 24 heavy (non-hydrogen) atoms. The number of carbonyl (C=O) groups excluding carboxylic acids is 1. The van der Waals surface area contributed by atoms with Crippen LogP contribution < -0.4 is 0 Å². The van der Waals surface area contributed by atoms with Gasteiger partial charge in [0.05, 0.1) is 49.4 Å². The number of hydrogen-bond acceptors (Lipinski definition) is 6. The highest BCUT2D eigenvalue weighted by molar-refractivity contribution is 7.85. The van der Waals surface area contributed by atoms with Crippen molar-refractivity contribution in [2.45, 2.75) is 39.2 Å². The number of hydrogen-bond donors (Lipinski definition) is 1. The van der Waals surface area contributed by atoms with Gasteiger partial charge in [-0.2, -0.15) is 0 Å². The van der Waals surface area contributed by atoms with Crippen LogP contribution in [-0.2, 0) is 14.9 Å². The monoisotopic (exact) mass is 366 g/mol.